The molecular weight excluding hydrogens is 234 g/mol. The lowest BCUT2D eigenvalue weighted by atomic mass is 9.79. The van der Waals surface area contributed by atoms with Crippen molar-refractivity contribution < 1.29 is 4.79 Å². The first-order valence-corrected chi connectivity index (χ1v) is 7.14. The Morgan fingerprint density at radius 2 is 1.89 bits per heavy atom. The number of ketones is 1. The van der Waals surface area contributed by atoms with Crippen LogP contribution in [0.15, 0.2) is 18.2 Å². The van der Waals surface area contributed by atoms with E-state index in [1.54, 1.807) is 0 Å². The van der Waals surface area contributed by atoms with Crippen LogP contribution in [0, 0.1) is 31.1 Å². The van der Waals surface area contributed by atoms with Crippen LogP contribution < -0.4 is 0 Å². The Balaban J connectivity index is 2.21. The summed E-state index contributed by atoms with van der Waals surface area (Å²) in [6.45, 7) is 4.07. The van der Waals surface area contributed by atoms with Gasteiger partial charge in [-0.3, -0.25) is 4.79 Å². The van der Waals surface area contributed by atoms with Crippen LogP contribution in [-0.4, -0.2) is 5.78 Å². The Morgan fingerprint density at radius 3 is 2.47 bits per heavy atom. The Morgan fingerprint density at radius 1 is 1.21 bits per heavy atom. The molecule has 1 unspecified atom stereocenters. The fourth-order valence-corrected chi connectivity index (χ4v) is 2.87. The maximum Gasteiger partial charge on any atom is 0.157 e. The number of rotatable bonds is 3. The third-order valence-electron chi connectivity index (χ3n) is 4.29. The van der Waals surface area contributed by atoms with E-state index in [4.69, 9.17) is 0 Å². The lowest BCUT2D eigenvalue weighted by Crippen LogP contribution is -2.23. The number of Topliss-reactive ketones (excluding diaryl/α,β-unsaturated/α-hetero) is 1. The second-order valence-corrected chi connectivity index (χ2v) is 5.64. The number of hydrogen-bond donors (Lipinski definition) is 0. The zero-order valence-corrected chi connectivity index (χ0v) is 11.8. The lowest BCUT2D eigenvalue weighted by molar-refractivity contribution is -0.124. The molecule has 1 fully saturated rings. The summed E-state index contributed by atoms with van der Waals surface area (Å²) < 4.78 is 0. The van der Waals surface area contributed by atoms with E-state index in [2.05, 4.69) is 6.07 Å². The van der Waals surface area contributed by atoms with Gasteiger partial charge in [0.15, 0.2) is 5.78 Å². The molecule has 0 radical (unpaired) electrons. The Hall–Kier alpha value is -1.62. The van der Waals surface area contributed by atoms with E-state index < -0.39 is 5.92 Å². The molecule has 1 aromatic carbocycles. The first-order chi connectivity index (χ1) is 9.13. The second kappa shape index (κ2) is 6.02. The lowest BCUT2D eigenvalue weighted by Gasteiger charge is -2.22. The molecule has 1 atom stereocenters. The van der Waals surface area contributed by atoms with Crippen molar-refractivity contribution in [3.8, 4) is 6.07 Å². The smallest absolute Gasteiger partial charge is 0.157 e. The summed E-state index contributed by atoms with van der Waals surface area (Å²) in [5.74, 6) is -0.354. The van der Waals surface area contributed by atoms with Gasteiger partial charge in [-0.25, -0.2) is 0 Å². The number of carbonyl (C=O) groups excluding carboxylic acids is 1. The molecule has 1 aliphatic carbocycles. The first kappa shape index (κ1) is 13.8. The average molecular weight is 255 g/mol. The Kier molecular flexibility index (Phi) is 4.37. The Bertz CT molecular complexity index is 506. The number of benzene rings is 1. The van der Waals surface area contributed by atoms with E-state index in [9.17, 15) is 10.1 Å². The summed E-state index contributed by atoms with van der Waals surface area (Å²) in [7, 11) is 0. The third-order valence-corrected chi connectivity index (χ3v) is 4.29. The van der Waals surface area contributed by atoms with E-state index in [1.165, 1.54) is 12.0 Å². The fourth-order valence-electron chi connectivity index (χ4n) is 2.87. The average Bonchev–Trinajstić information content (AvgIpc) is 2.44. The number of carbonyl (C=O) groups is 1. The van der Waals surface area contributed by atoms with Gasteiger partial charge >= 0.3 is 0 Å². The molecule has 2 nitrogen and oxygen atoms in total. The maximum atomic E-state index is 12.5. The molecule has 1 aliphatic rings. The minimum absolute atomic E-state index is 0.0972. The highest BCUT2D eigenvalue weighted by Crippen LogP contribution is 2.30. The SMILES string of the molecule is Cc1ccc(C(C#N)C(=O)C2CCCCC2)cc1C. The van der Waals surface area contributed by atoms with E-state index in [0.29, 0.717) is 0 Å². The van der Waals surface area contributed by atoms with Crippen LogP contribution in [0.5, 0.6) is 0 Å². The third kappa shape index (κ3) is 3.04. The van der Waals surface area contributed by atoms with E-state index in [0.717, 1.165) is 36.8 Å². The summed E-state index contributed by atoms with van der Waals surface area (Å²) in [4.78, 5) is 12.5. The van der Waals surface area contributed by atoms with E-state index in [1.807, 2.05) is 32.0 Å². The van der Waals surface area contributed by atoms with Gasteiger partial charge < -0.3 is 0 Å². The molecular formula is C17H21NO. The van der Waals surface area contributed by atoms with E-state index >= 15 is 0 Å². The van der Waals surface area contributed by atoms with Crippen molar-refractivity contribution in [2.75, 3.05) is 0 Å². The van der Waals surface area contributed by atoms with Crippen molar-refractivity contribution in [3.63, 3.8) is 0 Å². The quantitative estimate of drug-likeness (QED) is 0.817. The molecule has 0 heterocycles. The zero-order valence-electron chi connectivity index (χ0n) is 11.8. The van der Waals surface area contributed by atoms with Crippen molar-refractivity contribution in [3.05, 3.63) is 34.9 Å². The molecule has 0 saturated heterocycles. The zero-order chi connectivity index (χ0) is 13.8. The van der Waals surface area contributed by atoms with Crippen molar-refractivity contribution in [2.24, 2.45) is 5.92 Å². The van der Waals surface area contributed by atoms with Gasteiger partial charge in [0.1, 0.15) is 5.92 Å². The van der Waals surface area contributed by atoms with Crippen molar-refractivity contribution in [1.82, 2.24) is 0 Å². The van der Waals surface area contributed by atoms with Crippen LogP contribution in [-0.2, 0) is 4.79 Å². The molecule has 2 heteroatoms. The molecule has 1 saturated carbocycles. The molecule has 0 aliphatic heterocycles. The predicted molar refractivity (Wildman–Crippen MR) is 75.9 cm³/mol. The van der Waals surface area contributed by atoms with Gasteiger partial charge in [0.2, 0.25) is 0 Å². The number of nitriles is 1. The van der Waals surface area contributed by atoms with Gasteiger partial charge in [-0.15, -0.1) is 0 Å². The molecule has 0 N–H and O–H groups in total. The standard InChI is InChI=1S/C17H21NO/c1-12-8-9-15(10-13(12)2)16(11-18)17(19)14-6-4-3-5-7-14/h8-10,14,16H,3-7H2,1-2H3. The normalized spacial score (nSPS) is 17.7. The highest BCUT2D eigenvalue weighted by molar-refractivity contribution is 5.90. The van der Waals surface area contributed by atoms with Crippen molar-refractivity contribution in [2.45, 2.75) is 51.9 Å². The first-order valence-electron chi connectivity index (χ1n) is 7.14. The van der Waals surface area contributed by atoms with Gasteiger partial charge in [-0.05, 0) is 43.4 Å². The van der Waals surface area contributed by atoms with Gasteiger partial charge in [0.05, 0.1) is 6.07 Å². The van der Waals surface area contributed by atoms with Crippen LogP contribution in [0.25, 0.3) is 0 Å². The number of aryl methyl sites for hydroxylation is 2. The van der Waals surface area contributed by atoms with Gasteiger partial charge in [0.25, 0.3) is 0 Å². The van der Waals surface area contributed by atoms with E-state index in [-0.39, 0.29) is 11.7 Å². The summed E-state index contributed by atoms with van der Waals surface area (Å²) in [5.41, 5.74) is 3.21. The molecule has 19 heavy (non-hydrogen) atoms. The molecule has 2 rings (SSSR count). The second-order valence-electron chi connectivity index (χ2n) is 5.64. The van der Waals surface area contributed by atoms with Gasteiger partial charge in [-0.2, -0.15) is 5.26 Å². The topological polar surface area (TPSA) is 40.9 Å². The summed E-state index contributed by atoms with van der Waals surface area (Å²) in [6, 6.07) is 8.13. The molecule has 1 aromatic rings. The largest absolute Gasteiger partial charge is 0.298 e. The Labute approximate surface area is 115 Å². The van der Waals surface area contributed by atoms with Crippen molar-refractivity contribution >= 4 is 5.78 Å². The minimum atomic E-state index is -0.581. The van der Waals surface area contributed by atoms with Crippen LogP contribution in [0.3, 0.4) is 0 Å². The maximum absolute atomic E-state index is 12.5. The summed E-state index contributed by atoms with van der Waals surface area (Å²) in [6.07, 6.45) is 5.40. The number of nitrogens with zero attached hydrogens (tertiary/aromatic N) is 1. The monoisotopic (exact) mass is 255 g/mol. The molecule has 0 spiro atoms. The van der Waals surface area contributed by atoms with Gasteiger partial charge in [0, 0.05) is 5.92 Å². The molecule has 0 bridgehead atoms. The van der Waals surface area contributed by atoms with Crippen LogP contribution in [0.4, 0.5) is 0 Å². The predicted octanol–water partition coefficient (Wildman–Crippen LogP) is 4.06. The number of hydrogen-bond acceptors (Lipinski definition) is 2. The summed E-state index contributed by atoms with van der Waals surface area (Å²) in [5, 5.41) is 9.37. The summed E-state index contributed by atoms with van der Waals surface area (Å²) >= 11 is 0. The highest BCUT2D eigenvalue weighted by atomic mass is 16.1. The van der Waals surface area contributed by atoms with Crippen LogP contribution in [0.1, 0.15) is 54.7 Å². The van der Waals surface area contributed by atoms with Crippen LogP contribution >= 0.6 is 0 Å². The highest BCUT2D eigenvalue weighted by Gasteiger charge is 2.29. The molecule has 0 aromatic heterocycles. The van der Waals surface area contributed by atoms with Crippen molar-refractivity contribution in [1.29, 1.82) is 5.26 Å². The molecule has 0 amide bonds. The van der Waals surface area contributed by atoms with Gasteiger partial charge in [-0.1, -0.05) is 37.5 Å². The molecule has 100 valence electrons. The minimum Gasteiger partial charge on any atom is -0.298 e. The van der Waals surface area contributed by atoms with Crippen LogP contribution in [0.2, 0.25) is 0 Å². The fraction of sp³-hybridized carbons (Fsp3) is 0.529.